The van der Waals surface area contributed by atoms with Gasteiger partial charge in [-0.25, -0.2) is 0 Å². The Bertz CT molecular complexity index is 558. The topological polar surface area (TPSA) is 22.0 Å². The van der Waals surface area contributed by atoms with Crippen LogP contribution in [0.3, 0.4) is 0 Å². The SMILES string of the molecule is O=Cc1cc(C(F)(F)F)n(CCc2ccccc2)c1. The van der Waals surface area contributed by atoms with Gasteiger partial charge < -0.3 is 4.57 Å². The Kier molecular flexibility index (Phi) is 3.74. The number of aryl methyl sites for hydroxylation is 2. The predicted octanol–water partition coefficient (Wildman–Crippen LogP) is 3.56. The first-order valence-electron chi connectivity index (χ1n) is 5.77. The Hall–Kier alpha value is -2.04. The second kappa shape index (κ2) is 5.30. The fourth-order valence-corrected chi connectivity index (χ4v) is 1.92. The Morgan fingerprint density at radius 1 is 1.16 bits per heavy atom. The van der Waals surface area contributed by atoms with Gasteiger partial charge in [-0.3, -0.25) is 4.79 Å². The van der Waals surface area contributed by atoms with Crippen LogP contribution in [0.5, 0.6) is 0 Å². The molecular formula is C14H12F3NO. The van der Waals surface area contributed by atoms with E-state index in [4.69, 9.17) is 0 Å². The summed E-state index contributed by atoms with van der Waals surface area (Å²) in [5, 5.41) is 0. The van der Waals surface area contributed by atoms with E-state index in [9.17, 15) is 18.0 Å². The summed E-state index contributed by atoms with van der Waals surface area (Å²) in [6.07, 6.45) is -2.30. The lowest BCUT2D eigenvalue weighted by molar-refractivity contribution is -0.143. The quantitative estimate of drug-likeness (QED) is 0.776. The number of alkyl halides is 3. The van der Waals surface area contributed by atoms with Crippen molar-refractivity contribution in [3.63, 3.8) is 0 Å². The largest absolute Gasteiger partial charge is 0.431 e. The van der Waals surface area contributed by atoms with Crippen LogP contribution in [0, 0.1) is 0 Å². The molecule has 1 aromatic heterocycles. The summed E-state index contributed by atoms with van der Waals surface area (Å²) in [6, 6.07) is 10.1. The molecule has 0 aliphatic carbocycles. The Balaban J connectivity index is 2.20. The lowest BCUT2D eigenvalue weighted by Gasteiger charge is -2.11. The van der Waals surface area contributed by atoms with Crippen molar-refractivity contribution in [2.75, 3.05) is 0 Å². The number of carbonyl (C=O) groups excluding carboxylic acids is 1. The molecule has 0 spiro atoms. The smallest absolute Gasteiger partial charge is 0.343 e. The first kappa shape index (κ1) is 13.4. The number of aromatic nitrogens is 1. The molecule has 2 rings (SSSR count). The Morgan fingerprint density at radius 2 is 1.84 bits per heavy atom. The maximum atomic E-state index is 12.8. The summed E-state index contributed by atoms with van der Waals surface area (Å²) in [6.45, 7) is 0.187. The standard InChI is InChI=1S/C14H12F3NO/c15-14(16,17)13-8-12(10-19)9-18(13)7-6-11-4-2-1-3-5-11/h1-5,8-10H,6-7H2. The van der Waals surface area contributed by atoms with Gasteiger partial charge in [0.1, 0.15) is 5.69 Å². The van der Waals surface area contributed by atoms with E-state index in [0.717, 1.165) is 16.2 Å². The summed E-state index contributed by atoms with van der Waals surface area (Å²) >= 11 is 0. The maximum absolute atomic E-state index is 12.8. The third-order valence-corrected chi connectivity index (χ3v) is 2.83. The predicted molar refractivity (Wildman–Crippen MR) is 65.0 cm³/mol. The van der Waals surface area contributed by atoms with E-state index in [1.54, 1.807) is 0 Å². The van der Waals surface area contributed by atoms with Crippen LogP contribution in [0.4, 0.5) is 13.2 Å². The van der Waals surface area contributed by atoms with Crippen molar-refractivity contribution in [2.24, 2.45) is 0 Å². The Labute approximate surface area is 108 Å². The molecule has 0 saturated heterocycles. The van der Waals surface area contributed by atoms with Gasteiger partial charge in [0.05, 0.1) is 0 Å². The average molecular weight is 267 g/mol. The second-order valence-corrected chi connectivity index (χ2v) is 4.20. The number of hydrogen-bond acceptors (Lipinski definition) is 1. The van der Waals surface area contributed by atoms with Gasteiger partial charge in [0.2, 0.25) is 0 Å². The third kappa shape index (κ3) is 3.24. The summed E-state index contributed by atoms with van der Waals surface area (Å²) < 4.78 is 39.4. The highest BCUT2D eigenvalue weighted by atomic mass is 19.4. The van der Waals surface area contributed by atoms with Gasteiger partial charge in [-0.15, -0.1) is 0 Å². The van der Waals surface area contributed by atoms with Crippen LogP contribution in [0.15, 0.2) is 42.6 Å². The van der Waals surface area contributed by atoms with Crippen molar-refractivity contribution >= 4 is 6.29 Å². The number of halogens is 3. The molecule has 0 unspecified atom stereocenters. The van der Waals surface area contributed by atoms with E-state index in [-0.39, 0.29) is 12.1 Å². The maximum Gasteiger partial charge on any atom is 0.431 e. The molecule has 0 saturated carbocycles. The second-order valence-electron chi connectivity index (χ2n) is 4.20. The van der Waals surface area contributed by atoms with Crippen molar-refractivity contribution in [3.8, 4) is 0 Å². The van der Waals surface area contributed by atoms with Crippen molar-refractivity contribution in [3.05, 3.63) is 59.4 Å². The molecule has 19 heavy (non-hydrogen) atoms. The van der Waals surface area contributed by atoms with Crippen LogP contribution in [0.1, 0.15) is 21.6 Å². The van der Waals surface area contributed by atoms with Crippen LogP contribution in [0.25, 0.3) is 0 Å². The van der Waals surface area contributed by atoms with Crippen LogP contribution in [0.2, 0.25) is 0 Å². The first-order valence-corrected chi connectivity index (χ1v) is 5.77. The molecule has 0 aliphatic heterocycles. The van der Waals surface area contributed by atoms with Crippen LogP contribution >= 0.6 is 0 Å². The monoisotopic (exact) mass is 267 g/mol. The highest BCUT2D eigenvalue weighted by molar-refractivity contribution is 5.74. The van der Waals surface area contributed by atoms with Gasteiger partial charge in [-0.2, -0.15) is 13.2 Å². The van der Waals surface area contributed by atoms with Gasteiger partial charge in [0.15, 0.2) is 6.29 Å². The fraction of sp³-hybridized carbons (Fsp3) is 0.214. The summed E-state index contributed by atoms with van der Waals surface area (Å²) in [7, 11) is 0. The number of rotatable bonds is 4. The molecule has 0 amide bonds. The molecule has 1 heterocycles. The lowest BCUT2D eigenvalue weighted by Crippen LogP contribution is -2.14. The van der Waals surface area contributed by atoms with Crippen LogP contribution < -0.4 is 0 Å². The molecule has 2 aromatic rings. The molecule has 1 aromatic carbocycles. The molecule has 0 radical (unpaired) electrons. The van der Waals surface area contributed by atoms with Crippen molar-refractivity contribution < 1.29 is 18.0 Å². The zero-order valence-corrected chi connectivity index (χ0v) is 10.0. The first-order chi connectivity index (χ1) is 9.00. The molecule has 0 fully saturated rings. The Morgan fingerprint density at radius 3 is 2.42 bits per heavy atom. The van der Waals surface area contributed by atoms with E-state index in [0.29, 0.717) is 12.7 Å². The molecule has 5 heteroatoms. The lowest BCUT2D eigenvalue weighted by atomic mass is 10.1. The molecule has 0 N–H and O–H groups in total. The van der Waals surface area contributed by atoms with Gasteiger partial charge in [-0.1, -0.05) is 30.3 Å². The van der Waals surface area contributed by atoms with Crippen molar-refractivity contribution in [1.82, 2.24) is 4.57 Å². The van der Waals surface area contributed by atoms with E-state index in [2.05, 4.69) is 0 Å². The van der Waals surface area contributed by atoms with Crippen molar-refractivity contribution in [1.29, 1.82) is 0 Å². The van der Waals surface area contributed by atoms with Gasteiger partial charge in [0.25, 0.3) is 0 Å². The van der Waals surface area contributed by atoms with E-state index in [1.165, 1.54) is 6.20 Å². The number of carbonyl (C=O) groups is 1. The molecule has 2 nitrogen and oxygen atoms in total. The molecular weight excluding hydrogens is 255 g/mol. The minimum atomic E-state index is -4.45. The molecule has 0 atom stereocenters. The van der Waals surface area contributed by atoms with Gasteiger partial charge >= 0.3 is 6.18 Å². The number of benzene rings is 1. The van der Waals surface area contributed by atoms with Crippen molar-refractivity contribution in [2.45, 2.75) is 19.1 Å². The van der Waals surface area contributed by atoms with Gasteiger partial charge in [-0.05, 0) is 18.1 Å². The number of aldehydes is 1. The minimum Gasteiger partial charge on any atom is -0.343 e. The normalized spacial score (nSPS) is 11.5. The zero-order chi connectivity index (χ0) is 13.9. The molecule has 0 aliphatic rings. The van der Waals surface area contributed by atoms with E-state index < -0.39 is 11.9 Å². The van der Waals surface area contributed by atoms with Gasteiger partial charge in [0, 0.05) is 18.3 Å². The van der Waals surface area contributed by atoms with E-state index >= 15 is 0 Å². The molecule has 100 valence electrons. The highest BCUT2D eigenvalue weighted by Crippen LogP contribution is 2.30. The zero-order valence-electron chi connectivity index (χ0n) is 10.0. The summed E-state index contributed by atoms with van der Waals surface area (Å²) in [5.74, 6) is 0. The molecule has 0 bridgehead atoms. The van der Waals surface area contributed by atoms with Crippen LogP contribution in [-0.4, -0.2) is 10.9 Å². The minimum absolute atomic E-state index is 0.0420. The summed E-state index contributed by atoms with van der Waals surface area (Å²) in [4.78, 5) is 10.6. The average Bonchev–Trinajstić information content (AvgIpc) is 2.81. The highest BCUT2D eigenvalue weighted by Gasteiger charge is 2.34. The van der Waals surface area contributed by atoms with Crippen LogP contribution in [-0.2, 0) is 19.1 Å². The number of nitrogens with zero attached hydrogens (tertiary/aromatic N) is 1. The fourth-order valence-electron chi connectivity index (χ4n) is 1.92. The van der Waals surface area contributed by atoms with E-state index in [1.807, 2.05) is 30.3 Å². The summed E-state index contributed by atoms with van der Waals surface area (Å²) in [5.41, 5.74) is 0.211. The number of hydrogen-bond donors (Lipinski definition) is 0. The third-order valence-electron chi connectivity index (χ3n) is 2.83.